The molecule has 0 amide bonds. The summed E-state index contributed by atoms with van der Waals surface area (Å²) in [5.74, 6) is 2.74. The third kappa shape index (κ3) is 3.80. The van der Waals surface area contributed by atoms with E-state index in [9.17, 15) is 8.42 Å². The van der Waals surface area contributed by atoms with Crippen molar-refractivity contribution in [1.29, 1.82) is 0 Å². The lowest BCUT2D eigenvalue weighted by Gasteiger charge is -2.12. The Balaban J connectivity index is 2.00. The summed E-state index contributed by atoms with van der Waals surface area (Å²) >= 11 is 0. The van der Waals surface area contributed by atoms with Gasteiger partial charge in [0.2, 0.25) is 10.0 Å². The highest BCUT2D eigenvalue weighted by molar-refractivity contribution is 7.89. The van der Waals surface area contributed by atoms with E-state index in [0.29, 0.717) is 18.3 Å². The molecule has 8 heteroatoms. The van der Waals surface area contributed by atoms with Gasteiger partial charge in [0, 0.05) is 39.7 Å². The second-order valence-electron chi connectivity index (χ2n) is 5.05. The second-order valence-corrected chi connectivity index (χ2v) is 7.35. The highest BCUT2D eigenvalue weighted by Crippen LogP contribution is 2.38. The van der Waals surface area contributed by atoms with Crippen molar-refractivity contribution < 1.29 is 8.42 Å². The molecule has 1 aliphatic rings. The molecule has 1 aromatic rings. The van der Waals surface area contributed by atoms with Crippen LogP contribution in [0.5, 0.6) is 0 Å². The quantitative estimate of drug-likeness (QED) is 0.770. The van der Waals surface area contributed by atoms with Crippen molar-refractivity contribution in [1.82, 2.24) is 14.3 Å². The predicted octanol–water partition coefficient (Wildman–Crippen LogP) is 0.699. The predicted molar refractivity (Wildman–Crippen MR) is 79.5 cm³/mol. The van der Waals surface area contributed by atoms with Gasteiger partial charge in [-0.2, -0.15) is 0 Å². The molecule has 0 atom stereocenters. The van der Waals surface area contributed by atoms with E-state index in [-0.39, 0.29) is 5.75 Å². The van der Waals surface area contributed by atoms with Crippen LogP contribution in [-0.2, 0) is 10.0 Å². The van der Waals surface area contributed by atoms with Crippen LogP contribution in [0.25, 0.3) is 0 Å². The average molecular weight is 299 g/mol. The number of anilines is 2. The van der Waals surface area contributed by atoms with Gasteiger partial charge in [0.1, 0.15) is 17.5 Å². The molecule has 2 N–H and O–H groups in total. The van der Waals surface area contributed by atoms with Gasteiger partial charge in [0.25, 0.3) is 0 Å². The Morgan fingerprint density at radius 2 is 1.95 bits per heavy atom. The zero-order valence-electron chi connectivity index (χ0n) is 12.0. The van der Waals surface area contributed by atoms with E-state index in [1.54, 1.807) is 13.1 Å². The van der Waals surface area contributed by atoms with Gasteiger partial charge in [-0.1, -0.05) is 0 Å². The molecule has 1 aliphatic carbocycles. The van der Waals surface area contributed by atoms with Crippen LogP contribution < -0.4 is 10.6 Å². The molecule has 1 heterocycles. The molecule has 1 aromatic heterocycles. The molecule has 1 saturated carbocycles. The molecule has 0 bridgehead atoms. The topological polar surface area (TPSA) is 87.2 Å². The Hall–Kier alpha value is -1.41. The minimum Gasteiger partial charge on any atom is -0.373 e. The number of rotatable bonds is 7. The minimum absolute atomic E-state index is 0.0393. The molecule has 0 radical (unpaired) electrons. The maximum Gasteiger partial charge on any atom is 0.215 e. The van der Waals surface area contributed by atoms with Crippen LogP contribution in [0.15, 0.2) is 6.07 Å². The van der Waals surface area contributed by atoms with Crippen LogP contribution in [-0.4, -0.2) is 56.1 Å². The lowest BCUT2D eigenvalue weighted by Crippen LogP contribution is -2.28. The molecule has 0 aliphatic heterocycles. The van der Waals surface area contributed by atoms with Crippen molar-refractivity contribution in [2.75, 3.05) is 44.1 Å². The number of hydrogen-bond acceptors (Lipinski definition) is 6. The zero-order valence-corrected chi connectivity index (χ0v) is 12.9. The van der Waals surface area contributed by atoms with Gasteiger partial charge >= 0.3 is 0 Å². The van der Waals surface area contributed by atoms with Crippen molar-refractivity contribution >= 4 is 21.7 Å². The van der Waals surface area contributed by atoms with Gasteiger partial charge in [0.15, 0.2) is 0 Å². The molecule has 2 rings (SSSR count). The molecular weight excluding hydrogens is 278 g/mol. The fourth-order valence-electron chi connectivity index (χ4n) is 1.70. The zero-order chi connectivity index (χ0) is 14.8. The monoisotopic (exact) mass is 299 g/mol. The smallest absolute Gasteiger partial charge is 0.215 e. The number of aromatic nitrogens is 2. The Labute approximate surface area is 119 Å². The molecule has 7 nitrogen and oxygen atoms in total. The summed E-state index contributed by atoms with van der Waals surface area (Å²) in [6.07, 6.45) is 2.25. The van der Waals surface area contributed by atoms with E-state index in [4.69, 9.17) is 0 Å². The SMILES string of the molecule is CNc1cc(NCCS(=O)(=O)N(C)C)nc(C2CC2)n1. The normalized spacial score (nSPS) is 15.4. The maximum atomic E-state index is 11.7. The molecule has 0 aromatic carbocycles. The van der Waals surface area contributed by atoms with Crippen LogP contribution in [0, 0.1) is 0 Å². The van der Waals surface area contributed by atoms with Crippen molar-refractivity contribution in [3.8, 4) is 0 Å². The van der Waals surface area contributed by atoms with Gasteiger partial charge in [-0.25, -0.2) is 22.7 Å². The third-order valence-corrected chi connectivity index (χ3v) is 5.00. The summed E-state index contributed by atoms with van der Waals surface area (Å²) in [5, 5.41) is 6.05. The molecule has 112 valence electrons. The fourth-order valence-corrected chi connectivity index (χ4v) is 2.42. The second kappa shape index (κ2) is 5.92. The molecule has 0 spiro atoms. The Bertz CT molecular complexity index is 569. The number of sulfonamides is 1. The van der Waals surface area contributed by atoms with Gasteiger partial charge in [-0.15, -0.1) is 0 Å². The summed E-state index contributed by atoms with van der Waals surface area (Å²) in [6, 6.07) is 1.79. The largest absolute Gasteiger partial charge is 0.373 e. The van der Waals surface area contributed by atoms with Gasteiger partial charge < -0.3 is 10.6 Å². The van der Waals surface area contributed by atoms with Crippen molar-refractivity contribution in [3.05, 3.63) is 11.9 Å². The lowest BCUT2D eigenvalue weighted by molar-refractivity contribution is 0.521. The highest BCUT2D eigenvalue weighted by atomic mass is 32.2. The van der Waals surface area contributed by atoms with Crippen LogP contribution in [0.3, 0.4) is 0 Å². The van der Waals surface area contributed by atoms with E-state index in [0.717, 1.165) is 24.5 Å². The minimum atomic E-state index is -3.19. The first kappa shape index (κ1) is 15.0. The maximum absolute atomic E-state index is 11.7. The number of nitrogens with one attached hydrogen (secondary N) is 2. The Kier molecular flexibility index (Phi) is 4.44. The molecule has 0 unspecified atom stereocenters. The van der Waals surface area contributed by atoms with Crippen molar-refractivity contribution in [3.63, 3.8) is 0 Å². The van der Waals surface area contributed by atoms with Gasteiger partial charge in [-0.3, -0.25) is 0 Å². The first-order valence-corrected chi connectivity index (χ1v) is 8.24. The summed E-state index contributed by atoms with van der Waals surface area (Å²) < 4.78 is 24.6. The Morgan fingerprint density at radius 1 is 1.30 bits per heavy atom. The number of hydrogen-bond donors (Lipinski definition) is 2. The Morgan fingerprint density at radius 3 is 2.50 bits per heavy atom. The van der Waals surface area contributed by atoms with E-state index in [2.05, 4.69) is 20.6 Å². The number of nitrogens with zero attached hydrogens (tertiary/aromatic N) is 3. The summed E-state index contributed by atoms with van der Waals surface area (Å²) in [4.78, 5) is 8.85. The van der Waals surface area contributed by atoms with E-state index < -0.39 is 10.0 Å². The van der Waals surface area contributed by atoms with E-state index in [1.165, 1.54) is 18.4 Å². The van der Waals surface area contributed by atoms with E-state index in [1.807, 2.05) is 0 Å². The average Bonchev–Trinajstić information content (AvgIpc) is 3.22. The van der Waals surface area contributed by atoms with Crippen LogP contribution in [0.2, 0.25) is 0 Å². The molecule has 0 saturated heterocycles. The molecular formula is C12H21N5O2S. The lowest BCUT2D eigenvalue weighted by atomic mass is 10.3. The molecule has 1 fully saturated rings. The van der Waals surface area contributed by atoms with Gasteiger partial charge in [-0.05, 0) is 12.8 Å². The first-order valence-electron chi connectivity index (χ1n) is 6.63. The standard InChI is InChI=1S/C12H21N5O2S/c1-13-10-8-11(16-12(15-10)9-4-5-9)14-6-7-20(18,19)17(2)3/h8-9H,4-7H2,1-3H3,(H2,13,14,15,16). The summed E-state index contributed by atoms with van der Waals surface area (Å²) in [5.41, 5.74) is 0. The van der Waals surface area contributed by atoms with Gasteiger partial charge in [0.05, 0.1) is 5.75 Å². The van der Waals surface area contributed by atoms with E-state index >= 15 is 0 Å². The first-order chi connectivity index (χ1) is 9.42. The summed E-state index contributed by atoms with van der Waals surface area (Å²) in [7, 11) is 1.68. The fraction of sp³-hybridized carbons (Fsp3) is 0.667. The molecule has 20 heavy (non-hydrogen) atoms. The van der Waals surface area contributed by atoms with Crippen LogP contribution in [0.1, 0.15) is 24.6 Å². The summed E-state index contributed by atoms with van der Waals surface area (Å²) in [6.45, 7) is 0.324. The van der Waals surface area contributed by atoms with Crippen LogP contribution >= 0.6 is 0 Å². The van der Waals surface area contributed by atoms with Crippen LogP contribution in [0.4, 0.5) is 11.6 Å². The third-order valence-electron chi connectivity index (χ3n) is 3.16. The van der Waals surface area contributed by atoms with Crippen molar-refractivity contribution in [2.24, 2.45) is 0 Å². The highest BCUT2D eigenvalue weighted by Gasteiger charge is 2.27. The van der Waals surface area contributed by atoms with Crippen molar-refractivity contribution in [2.45, 2.75) is 18.8 Å².